The van der Waals surface area contributed by atoms with E-state index in [1.807, 2.05) is 6.92 Å². The van der Waals surface area contributed by atoms with Gasteiger partial charge in [0.15, 0.2) is 0 Å². The Morgan fingerprint density at radius 1 is 1.53 bits per heavy atom. The number of thioether (sulfide) groups is 1. The monoisotopic (exact) mass is 263 g/mol. The van der Waals surface area contributed by atoms with Crippen LogP contribution >= 0.6 is 11.8 Å². The van der Waals surface area contributed by atoms with Gasteiger partial charge in [0, 0.05) is 11.9 Å². The summed E-state index contributed by atoms with van der Waals surface area (Å²) in [4.78, 5) is 11.1. The van der Waals surface area contributed by atoms with Crippen LogP contribution in [0.1, 0.15) is 40.0 Å². The van der Waals surface area contributed by atoms with Gasteiger partial charge in [0.25, 0.3) is 0 Å². The predicted molar refractivity (Wildman–Crippen MR) is 72.6 cm³/mol. The van der Waals surface area contributed by atoms with Crippen molar-refractivity contribution in [1.29, 1.82) is 0 Å². The second-order valence-electron chi connectivity index (χ2n) is 4.46. The van der Waals surface area contributed by atoms with Gasteiger partial charge in [0.05, 0.1) is 0 Å². The van der Waals surface area contributed by atoms with Gasteiger partial charge in [0.2, 0.25) is 0 Å². The molecule has 0 aliphatic rings. The van der Waals surface area contributed by atoms with Gasteiger partial charge in [-0.25, -0.2) is 0 Å². The summed E-state index contributed by atoms with van der Waals surface area (Å²) in [6.45, 7) is 6.62. The third-order valence-electron chi connectivity index (χ3n) is 2.80. The van der Waals surface area contributed by atoms with Crippen molar-refractivity contribution in [3.05, 3.63) is 0 Å². The molecule has 4 nitrogen and oxygen atoms in total. The zero-order valence-electron chi connectivity index (χ0n) is 11.0. The molecule has 102 valence electrons. The second kappa shape index (κ2) is 8.78. The average molecular weight is 263 g/mol. The van der Waals surface area contributed by atoms with Gasteiger partial charge in [0.1, 0.15) is 5.54 Å². The molecule has 0 aromatic heterocycles. The number of carboxylic acid groups (broad SMARTS) is 1. The van der Waals surface area contributed by atoms with E-state index in [1.54, 1.807) is 18.7 Å². The number of aliphatic hydroxyl groups is 1. The minimum Gasteiger partial charge on any atom is -0.480 e. The molecule has 0 aromatic rings. The molecule has 5 heteroatoms. The Balaban J connectivity index is 3.87. The van der Waals surface area contributed by atoms with E-state index in [-0.39, 0.29) is 6.61 Å². The fourth-order valence-corrected chi connectivity index (χ4v) is 2.62. The minimum absolute atomic E-state index is 0.221. The molecule has 0 saturated carbocycles. The Morgan fingerprint density at radius 3 is 2.65 bits per heavy atom. The molecule has 0 heterocycles. The molecule has 0 radical (unpaired) electrons. The average Bonchev–Trinajstić information content (AvgIpc) is 2.25. The van der Waals surface area contributed by atoms with E-state index < -0.39 is 11.5 Å². The second-order valence-corrected chi connectivity index (χ2v) is 6.01. The fraction of sp³-hybridized carbons (Fsp3) is 0.917. The van der Waals surface area contributed by atoms with E-state index in [9.17, 15) is 4.79 Å². The van der Waals surface area contributed by atoms with Crippen LogP contribution in [-0.4, -0.2) is 45.9 Å². The zero-order valence-corrected chi connectivity index (χ0v) is 11.8. The van der Waals surface area contributed by atoms with Gasteiger partial charge in [-0.15, -0.1) is 0 Å². The van der Waals surface area contributed by atoms with Crippen LogP contribution in [0.2, 0.25) is 0 Å². The Labute approximate surface area is 108 Å². The van der Waals surface area contributed by atoms with E-state index in [2.05, 4.69) is 12.2 Å². The first kappa shape index (κ1) is 16.7. The normalized spacial score (nSPS) is 16.5. The van der Waals surface area contributed by atoms with Gasteiger partial charge in [-0.2, -0.15) is 11.8 Å². The Kier molecular flexibility index (Phi) is 8.64. The first-order valence-corrected chi connectivity index (χ1v) is 7.22. The van der Waals surface area contributed by atoms with Crippen LogP contribution in [0.3, 0.4) is 0 Å². The largest absolute Gasteiger partial charge is 0.480 e. The zero-order chi connectivity index (χ0) is 13.3. The number of likely N-dealkylation sites (N-methyl/N-ethyl adjacent to an activating group) is 1. The third kappa shape index (κ3) is 6.91. The number of rotatable bonds is 10. The van der Waals surface area contributed by atoms with Crippen molar-refractivity contribution < 1.29 is 15.0 Å². The Bertz CT molecular complexity index is 226. The molecule has 0 bridgehead atoms. The lowest BCUT2D eigenvalue weighted by Crippen LogP contribution is -2.49. The summed E-state index contributed by atoms with van der Waals surface area (Å²) in [5.41, 5.74) is -0.810. The molecule has 0 rings (SSSR count). The fourth-order valence-electron chi connectivity index (χ4n) is 1.64. The van der Waals surface area contributed by atoms with Crippen LogP contribution in [0.5, 0.6) is 0 Å². The number of aliphatic hydroxyl groups excluding tert-OH is 1. The molecular formula is C12H25NO3S. The molecule has 17 heavy (non-hydrogen) atoms. The topological polar surface area (TPSA) is 69.6 Å². The lowest BCUT2D eigenvalue weighted by Gasteiger charge is -2.25. The summed E-state index contributed by atoms with van der Waals surface area (Å²) in [5, 5.41) is 21.4. The standard InChI is InChI=1S/C12H25NO3S/c1-4-13-12(3,11(15)16)7-5-9-17-10(2)6-8-14/h10,13-14H,4-9H2,1-3H3,(H,15,16). The maximum Gasteiger partial charge on any atom is 0.323 e. The Morgan fingerprint density at radius 2 is 2.18 bits per heavy atom. The molecule has 2 atom stereocenters. The number of aliphatic carboxylic acids is 1. The molecule has 2 unspecified atom stereocenters. The van der Waals surface area contributed by atoms with Crippen LogP contribution in [0.25, 0.3) is 0 Å². The molecule has 0 spiro atoms. The molecule has 0 aliphatic heterocycles. The van der Waals surface area contributed by atoms with Crippen LogP contribution in [0.4, 0.5) is 0 Å². The van der Waals surface area contributed by atoms with E-state index in [0.717, 1.165) is 18.6 Å². The Hall–Kier alpha value is -0.260. The smallest absolute Gasteiger partial charge is 0.323 e. The number of hydrogen-bond donors (Lipinski definition) is 3. The number of carboxylic acids is 1. The van der Waals surface area contributed by atoms with Gasteiger partial charge >= 0.3 is 5.97 Å². The van der Waals surface area contributed by atoms with Crippen molar-refractivity contribution in [2.45, 2.75) is 50.8 Å². The van der Waals surface area contributed by atoms with E-state index in [1.165, 1.54) is 0 Å². The summed E-state index contributed by atoms with van der Waals surface area (Å²) < 4.78 is 0. The molecule has 0 saturated heterocycles. The van der Waals surface area contributed by atoms with E-state index >= 15 is 0 Å². The molecule has 0 amide bonds. The van der Waals surface area contributed by atoms with Crippen LogP contribution in [0, 0.1) is 0 Å². The van der Waals surface area contributed by atoms with Crippen molar-refractivity contribution >= 4 is 17.7 Å². The highest BCUT2D eigenvalue weighted by Gasteiger charge is 2.31. The highest BCUT2D eigenvalue weighted by molar-refractivity contribution is 7.99. The van der Waals surface area contributed by atoms with Gasteiger partial charge in [-0.1, -0.05) is 13.8 Å². The lowest BCUT2D eigenvalue weighted by molar-refractivity contribution is -0.144. The van der Waals surface area contributed by atoms with Crippen molar-refractivity contribution in [1.82, 2.24) is 5.32 Å². The summed E-state index contributed by atoms with van der Waals surface area (Å²) in [6, 6.07) is 0. The number of carbonyl (C=O) groups is 1. The van der Waals surface area contributed by atoms with Crippen molar-refractivity contribution in [3.8, 4) is 0 Å². The first-order chi connectivity index (χ1) is 7.96. The highest BCUT2D eigenvalue weighted by Crippen LogP contribution is 2.19. The lowest BCUT2D eigenvalue weighted by atomic mass is 9.96. The summed E-state index contributed by atoms with van der Waals surface area (Å²) in [6.07, 6.45) is 2.30. The van der Waals surface area contributed by atoms with Crippen LogP contribution < -0.4 is 5.32 Å². The quantitative estimate of drug-likeness (QED) is 0.524. The van der Waals surface area contributed by atoms with Gasteiger partial charge < -0.3 is 15.5 Å². The van der Waals surface area contributed by atoms with Crippen molar-refractivity contribution in [3.63, 3.8) is 0 Å². The molecule has 0 aliphatic carbocycles. The summed E-state index contributed by atoms with van der Waals surface area (Å²) >= 11 is 1.79. The molecule has 3 N–H and O–H groups in total. The maximum absolute atomic E-state index is 11.1. The van der Waals surface area contributed by atoms with Crippen molar-refractivity contribution in [2.75, 3.05) is 18.9 Å². The molecule has 0 aromatic carbocycles. The van der Waals surface area contributed by atoms with Crippen molar-refractivity contribution in [2.24, 2.45) is 0 Å². The summed E-state index contributed by atoms with van der Waals surface area (Å²) in [5.74, 6) is 0.155. The SMILES string of the molecule is CCNC(C)(CCCSC(C)CCO)C(=O)O. The van der Waals surface area contributed by atoms with Crippen LogP contribution in [-0.2, 0) is 4.79 Å². The highest BCUT2D eigenvalue weighted by atomic mass is 32.2. The van der Waals surface area contributed by atoms with Crippen LogP contribution in [0.15, 0.2) is 0 Å². The van der Waals surface area contributed by atoms with E-state index in [0.29, 0.717) is 18.2 Å². The number of nitrogens with one attached hydrogen (secondary N) is 1. The first-order valence-electron chi connectivity index (χ1n) is 6.17. The summed E-state index contributed by atoms with van der Waals surface area (Å²) in [7, 11) is 0. The van der Waals surface area contributed by atoms with E-state index in [4.69, 9.17) is 10.2 Å². The molecule has 0 fully saturated rings. The predicted octanol–water partition coefficient (Wildman–Crippen LogP) is 1.72. The van der Waals surface area contributed by atoms with Gasteiger partial charge in [-0.05, 0) is 38.5 Å². The minimum atomic E-state index is -0.810. The van der Waals surface area contributed by atoms with Gasteiger partial charge in [-0.3, -0.25) is 4.79 Å². The third-order valence-corrected chi connectivity index (χ3v) is 4.13. The molecular weight excluding hydrogens is 238 g/mol. The number of hydrogen-bond acceptors (Lipinski definition) is 4. The maximum atomic E-state index is 11.1.